The van der Waals surface area contributed by atoms with Gasteiger partial charge in [0.15, 0.2) is 0 Å². The number of nitrogens with one attached hydrogen (secondary N) is 3. The first-order chi connectivity index (χ1) is 9.58. The van der Waals surface area contributed by atoms with Crippen molar-refractivity contribution in [3.05, 3.63) is 0 Å². The maximum Gasteiger partial charge on any atom is 0.315 e. The van der Waals surface area contributed by atoms with E-state index < -0.39 is 0 Å². The molecule has 4 bridgehead atoms. The van der Waals surface area contributed by atoms with Gasteiger partial charge in [0.1, 0.15) is 0 Å². The first-order valence-corrected chi connectivity index (χ1v) is 7.85. The first kappa shape index (κ1) is 13.7. The molecule has 4 saturated carbocycles. The molecule has 0 aromatic heterocycles. The molecule has 0 aromatic carbocycles. The molecule has 4 aliphatic rings. The second-order valence-corrected chi connectivity index (χ2v) is 7.00. The monoisotopic (exact) mass is 279 g/mol. The van der Waals surface area contributed by atoms with E-state index in [1.54, 1.807) is 7.05 Å². The Balaban J connectivity index is 1.50. The molecular formula is C15H25N3O2. The predicted molar refractivity (Wildman–Crippen MR) is 76.1 cm³/mol. The van der Waals surface area contributed by atoms with E-state index in [0.29, 0.717) is 13.0 Å². The van der Waals surface area contributed by atoms with E-state index in [0.717, 1.165) is 37.0 Å². The van der Waals surface area contributed by atoms with Crippen LogP contribution in [0.4, 0.5) is 4.79 Å². The highest BCUT2D eigenvalue weighted by Gasteiger charge is 2.51. The molecule has 0 unspecified atom stereocenters. The molecule has 3 amide bonds. The van der Waals surface area contributed by atoms with Crippen LogP contribution in [0, 0.1) is 17.8 Å². The summed E-state index contributed by atoms with van der Waals surface area (Å²) in [6.07, 6.45) is 7.92. The minimum absolute atomic E-state index is 0.0416. The summed E-state index contributed by atoms with van der Waals surface area (Å²) in [6.45, 7) is 0.401. The van der Waals surface area contributed by atoms with E-state index in [9.17, 15) is 9.59 Å². The van der Waals surface area contributed by atoms with Gasteiger partial charge in [0, 0.05) is 25.6 Å². The minimum Gasteiger partial charge on any atom is -0.359 e. The fraction of sp³-hybridized carbons (Fsp3) is 0.867. The highest BCUT2D eigenvalue weighted by atomic mass is 16.2. The molecule has 112 valence electrons. The maximum absolute atomic E-state index is 12.0. The SMILES string of the molecule is CNC(=O)CCNC(=O)NC12CC3CC(CC(C3)C1)C2. The normalized spacial score (nSPS) is 37.5. The van der Waals surface area contributed by atoms with Crippen molar-refractivity contribution in [2.24, 2.45) is 17.8 Å². The van der Waals surface area contributed by atoms with Crippen molar-refractivity contribution in [1.29, 1.82) is 0 Å². The highest BCUT2D eigenvalue weighted by molar-refractivity contribution is 5.78. The first-order valence-electron chi connectivity index (χ1n) is 7.85. The quantitative estimate of drug-likeness (QED) is 0.728. The Kier molecular flexibility index (Phi) is 3.61. The molecule has 4 rings (SSSR count). The predicted octanol–water partition coefficient (Wildman–Crippen LogP) is 1.39. The Morgan fingerprint density at radius 3 is 2.10 bits per heavy atom. The van der Waals surface area contributed by atoms with E-state index in [2.05, 4.69) is 16.0 Å². The summed E-state index contributed by atoms with van der Waals surface area (Å²) in [5, 5.41) is 8.60. The van der Waals surface area contributed by atoms with Crippen LogP contribution < -0.4 is 16.0 Å². The smallest absolute Gasteiger partial charge is 0.315 e. The third kappa shape index (κ3) is 2.76. The van der Waals surface area contributed by atoms with Crippen LogP contribution in [0.25, 0.3) is 0 Å². The second kappa shape index (κ2) is 5.26. The van der Waals surface area contributed by atoms with Crippen LogP contribution in [0.5, 0.6) is 0 Å². The fourth-order valence-electron chi connectivity index (χ4n) is 4.96. The molecule has 0 aliphatic heterocycles. The number of carbonyl (C=O) groups excluding carboxylic acids is 2. The molecule has 0 radical (unpaired) electrons. The Labute approximate surface area is 120 Å². The molecule has 5 heteroatoms. The minimum atomic E-state index is -0.101. The third-order valence-corrected chi connectivity index (χ3v) is 5.33. The van der Waals surface area contributed by atoms with Crippen LogP contribution >= 0.6 is 0 Å². The van der Waals surface area contributed by atoms with Gasteiger partial charge >= 0.3 is 6.03 Å². The summed E-state index contributed by atoms with van der Waals surface area (Å²) in [5.41, 5.74) is 0.0475. The van der Waals surface area contributed by atoms with Crippen molar-refractivity contribution in [3.8, 4) is 0 Å². The topological polar surface area (TPSA) is 70.2 Å². The summed E-state index contributed by atoms with van der Waals surface area (Å²) >= 11 is 0. The van der Waals surface area contributed by atoms with Gasteiger partial charge in [-0.2, -0.15) is 0 Å². The van der Waals surface area contributed by atoms with Gasteiger partial charge in [0.05, 0.1) is 0 Å². The lowest BCUT2D eigenvalue weighted by atomic mass is 9.53. The van der Waals surface area contributed by atoms with E-state index >= 15 is 0 Å². The number of hydrogen-bond acceptors (Lipinski definition) is 2. The van der Waals surface area contributed by atoms with Crippen LogP contribution in [0.1, 0.15) is 44.9 Å². The Hall–Kier alpha value is -1.26. The second-order valence-electron chi connectivity index (χ2n) is 7.00. The fourth-order valence-corrected chi connectivity index (χ4v) is 4.96. The largest absolute Gasteiger partial charge is 0.359 e. The Morgan fingerprint density at radius 1 is 1.05 bits per heavy atom. The Morgan fingerprint density at radius 2 is 1.60 bits per heavy atom. The molecule has 0 aromatic rings. The zero-order chi connectivity index (χ0) is 14.2. The molecule has 20 heavy (non-hydrogen) atoms. The summed E-state index contributed by atoms with van der Waals surface area (Å²) in [5.74, 6) is 2.44. The summed E-state index contributed by atoms with van der Waals surface area (Å²) in [4.78, 5) is 23.2. The van der Waals surface area contributed by atoms with Gasteiger partial charge < -0.3 is 16.0 Å². The lowest BCUT2D eigenvalue weighted by Gasteiger charge is -2.56. The standard InChI is InChI=1S/C15H25N3O2/c1-16-13(19)2-3-17-14(20)18-15-7-10-4-11(8-15)6-12(5-10)9-15/h10-12H,2-9H2,1H3,(H,16,19)(H2,17,18,20). The van der Waals surface area contributed by atoms with E-state index in [1.165, 1.54) is 19.3 Å². The maximum atomic E-state index is 12.0. The van der Waals surface area contributed by atoms with E-state index in [-0.39, 0.29) is 17.5 Å². The van der Waals surface area contributed by atoms with Crippen LogP contribution in [0.2, 0.25) is 0 Å². The average Bonchev–Trinajstić information content (AvgIpc) is 2.36. The molecule has 4 fully saturated rings. The number of amides is 3. The van der Waals surface area contributed by atoms with Crippen molar-refractivity contribution in [2.45, 2.75) is 50.5 Å². The summed E-state index contributed by atoms with van der Waals surface area (Å²) in [6, 6.07) is -0.101. The average molecular weight is 279 g/mol. The lowest BCUT2D eigenvalue weighted by Crippen LogP contribution is -2.61. The number of hydrogen-bond donors (Lipinski definition) is 3. The zero-order valence-corrected chi connectivity index (χ0v) is 12.2. The molecule has 0 atom stereocenters. The number of urea groups is 1. The van der Waals surface area contributed by atoms with Gasteiger partial charge in [-0.15, -0.1) is 0 Å². The highest BCUT2D eigenvalue weighted by Crippen LogP contribution is 2.55. The molecule has 5 nitrogen and oxygen atoms in total. The molecule has 4 aliphatic carbocycles. The van der Waals surface area contributed by atoms with Gasteiger partial charge in [0.25, 0.3) is 0 Å². The van der Waals surface area contributed by atoms with Crippen molar-refractivity contribution in [1.82, 2.24) is 16.0 Å². The van der Waals surface area contributed by atoms with Gasteiger partial charge in [0.2, 0.25) is 5.91 Å². The van der Waals surface area contributed by atoms with Crippen LogP contribution in [0.15, 0.2) is 0 Å². The summed E-state index contributed by atoms with van der Waals surface area (Å²) < 4.78 is 0. The zero-order valence-electron chi connectivity index (χ0n) is 12.2. The van der Waals surface area contributed by atoms with E-state index in [4.69, 9.17) is 0 Å². The number of rotatable bonds is 4. The number of carbonyl (C=O) groups is 2. The van der Waals surface area contributed by atoms with Gasteiger partial charge in [-0.1, -0.05) is 0 Å². The molecule has 3 N–H and O–H groups in total. The van der Waals surface area contributed by atoms with Crippen LogP contribution in [-0.4, -0.2) is 31.1 Å². The molecule has 0 heterocycles. The molecule has 0 spiro atoms. The van der Waals surface area contributed by atoms with Crippen molar-refractivity contribution in [2.75, 3.05) is 13.6 Å². The lowest BCUT2D eigenvalue weighted by molar-refractivity contribution is -0.120. The Bertz CT molecular complexity index is 373. The van der Waals surface area contributed by atoms with Crippen LogP contribution in [0.3, 0.4) is 0 Å². The third-order valence-electron chi connectivity index (χ3n) is 5.33. The van der Waals surface area contributed by atoms with Gasteiger partial charge in [-0.05, 0) is 56.3 Å². The van der Waals surface area contributed by atoms with E-state index in [1.807, 2.05) is 0 Å². The van der Waals surface area contributed by atoms with Crippen molar-refractivity contribution >= 4 is 11.9 Å². The molecular weight excluding hydrogens is 254 g/mol. The van der Waals surface area contributed by atoms with Gasteiger partial charge in [-0.3, -0.25) is 4.79 Å². The van der Waals surface area contributed by atoms with Crippen LogP contribution in [-0.2, 0) is 4.79 Å². The summed E-state index contributed by atoms with van der Waals surface area (Å²) in [7, 11) is 1.61. The van der Waals surface area contributed by atoms with Crippen molar-refractivity contribution in [3.63, 3.8) is 0 Å². The van der Waals surface area contributed by atoms with Crippen molar-refractivity contribution < 1.29 is 9.59 Å². The molecule has 0 saturated heterocycles. The van der Waals surface area contributed by atoms with Gasteiger partial charge in [-0.25, -0.2) is 4.79 Å².